The topological polar surface area (TPSA) is 180 Å². The maximum atomic E-state index is 14.0. The van der Waals surface area contributed by atoms with Crippen LogP contribution in [0.1, 0.15) is 50.2 Å². The van der Waals surface area contributed by atoms with E-state index in [-0.39, 0.29) is 40.1 Å². The van der Waals surface area contributed by atoms with Gasteiger partial charge in [-0.1, -0.05) is 6.07 Å². The van der Waals surface area contributed by atoms with E-state index in [9.17, 15) is 19.2 Å². The van der Waals surface area contributed by atoms with E-state index in [1.807, 2.05) is 0 Å². The molecule has 3 amide bonds. The third kappa shape index (κ3) is 5.89. The summed E-state index contributed by atoms with van der Waals surface area (Å²) in [5.74, 6) is -2.21. The van der Waals surface area contributed by atoms with Gasteiger partial charge in [-0.3, -0.25) is 24.1 Å². The van der Waals surface area contributed by atoms with Crippen LogP contribution >= 0.6 is 11.5 Å². The first kappa shape index (κ1) is 27.2. The Balaban J connectivity index is 2.21. The summed E-state index contributed by atoms with van der Waals surface area (Å²) in [7, 11) is 1.41. The van der Waals surface area contributed by atoms with Gasteiger partial charge in [-0.2, -0.15) is 4.37 Å². The second-order valence-corrected chi connectivity index (χ2v) is 8.64. The van der Waals surface area contributed by atoms with Crippen molar-refractivity contribution >= 4 is 46.6 Å². The summed E-state index contributed by atoms with van der Waals surface area (Å²) in [5, 5.41) is 2.50. The number of nitrogens with zero attached hydrogens (tertiary/aromatic N) is 2. The van der Waals surface area contributed by atoms with E-state index in [1.54, 1.807) is 45.0 Å². The lowest BCUT2D eigenvalue weighted by Crippen LogP contribution is -2.45. The number of hydrogen-bond donors (Lipinski definition) is 3. The van der Waals surface area contributed by atoms with Gasteiger partial charge < -0.3 is 30.7 Å². The van der Waals surface area contributed by atoms with Crippen LogP contribution in [0.3, 0.4) is 0 Å². The van der Waals surface area contributed by atoms with Gasteiger partial charge in [0.2, 0.25) is 0 Å². The number of carbonyl (C=O) groups excluding carboxylic acids is 4. The number of carbonyl (C=O) groups is 4. The van der Waals surface area contributed by atoms with Gasteiger partial charge in [0.15, 0.2) is 11.7 Å². The van der Waals surface area contributed by atoms with Crippen molar-refractivity contribution in [3.63, 3.8) is 0 Å². The highest BCUT2D eigenvalue weighted by atomic mass is 32.1. The standard InChI is InChI=1S/C24H27N5O7S/c1-5-35-17(30)11-27-23(32)20(16-9-7-13(3)36-16)29(14-10-12(2)6-8-15(14)34-4)24(33)21-18(25)19(22(26)31)28-37-21/h6-10,20H,5,11,25H2,1-4H3,(H2,26,31)(H,27,32)/t20-/m1/s1. The fourth-order valence-electron chi connectivity index (χ4n) is 3.53. The maximum absolute atomic E-state index is 14.0. The first-order valence-electron chi connectivity index (χ1n) is 11.1. The number of ether oxygens (including phenoxy) is 2. The van der Waals surface area contributed by atoms with Gasteiger partial charge in [-0.05, 0) is 62.1 Å². The minimum atomic E-state index is -1.41. The van der Waals surface area contributed by atoms with Gasteiger partial charge in [0.05, 0.1) is 25.1 Å². The van der Waals surface area contributed by atoms with Crippen molar-refractivity contribution in [2.75, 3.05) is 30.9 Å². The third-order valence-electron chi connectivity index (χ3n) is 5.22. The zero-order valence-electron chi connectivity index (χ0n) is 20.7. The predicted octanol–water partition coefficient (Wildman–Crippen LogP) is 2.11. The molecule has 2 heterocycles. The molecule has 0 bridgehead atoms. The summed E-state index contributed by atoms with van der Waals surface area (Å²) in [6.45, 7) is 4.80. The zero-order valence-corrected chi connectivity index (χ0v) is 21.5. The largest absolute Gasteiger partial charge is 0.495 e. The second-order valence-electron chi connectivity index (χ2n) is 7.86. The SMILES string of the molecule is CCOC(=O)CNC(=O)[C@@H](c1ccc(C)o1)N(C(=O)c1snc(C(N)=O)c1N)c1cc(C)ccc1OC. The summed E-state index contributed by atoms with van der Waals surface area (Å²) in [4.78, 5) is 52.3. The average Bonchev–Trinajstić information content (AvgIpc) is 3.46. The van der Waals surface area contributed by atoms with Gasteiger partial charge >= 0.3 is 5.97 Å². The molecular formula is C24H27N5O7S. The molecule has 0 spiro atoms. The Morgan fingerprint density at radius 3 is 2.49 bits per heavy atom. The summed E-state index contributed by atoms with van der Waals surface area (Å²) in [5.41, 5.74) is 11.9. The summed E-state index contributed by atoms with van der Waals surface area (Å²) >= 11 is 0.663. The number of benzene rings is 1. The number of aromatic nitrogens is 1. The van der Waals surface area contributed by atoms with E-state index < -0.39 is 36.3 Å². The number of methoxy groups -OCH3 is 1. The van der Waals surface area contributed by atoms with Crippen molar-refractivity contribution in [1.29, 1.82) is 0 Å². The van der Waals surface area contributed by atoms with E-state index in [2.05, 4.69) is 9.69 Å². The number of furan rings is 1. The van der Waals surface area contributed by atoms with Crippen LogP contribution in [-0.4, -0.2) is 48.3 Å². The Bertz CT molecular complexity index is 1330. The van der Waals surface area contributed by atoms with E-state index >= 15 is 0 Å². The minimum Gasteiger partial charge on any atom is -0.495 e. The molecule has 1 aromatic carbocycles. The van der Waals surface area contributed by atoms with E-state index in [4.69, 9.17) is 25.4 Å². The highest BCUT2D eigenvalue weighted by Gasteiger charge is 2.39. The Kier molecular flexibility index (Phi) is 8.50. The molecule has 196 valence electrons. The average molecular weight is 530 g/mol. The van der Waals surface area contributed by atoms with Crippen molar-refractivity contribution in [2.24, 2.45) is 5.73 Å². The Morgan fingerprint density at radius 1 is 1.19 bits per heavy atom. The van der Waals surface area contributed by atoms with Crippen LogP contribution in [0.5, 0.6) is 5.75 Å². The van der Waals surface area contributed by atoms with Crippen LogP contribution in [-0.2, 0) is 14.3 Å². The number of aryl methyl sites for hydroxylation is 2. The molecule has 12 nitrogen and oxygen atoms in total. The normalized spacial score (nSPS) is 11.5. The second kappa shape index (κ2) is 11.6. The summed E-state index contributed by atoms with van der Waals surface area (Å²) < 4.78 is 20.1. The molecule has 37 heavy (non-hydrogen) atoms. The Hall–Kier alpha value is -4.39. The van der Waals surface area contributed by atoms with Gasteiger partial charge in [-0.15, -0.1) is 0 Å². The van der Waals surface area contributed by atoms with Gasteiger partial charge in [0.25, 0.3) is 17.7 Å². The highest BCUT2D eigenvalue weighted by molar-refractivity contribution is 7.09. The van der Waals surface area contributed by atoms with Crippen LogP contribution in [0.4, 0.5) is 11.4 Å². The van der Waals surface area contributed by atoms with E-state index in [0.29, 0.717) is 17.3 Å². The predicted molar refractivity (Wildman–Crippen MR) is 135 cm³/mol. The molecule has 0 aliphatic rings. The number of rotatable bonds is 10. The van der Waals surface area contributed by atoms with Gasteiger partial charge in [0, 0.05) is 0 Å². The maximum Gasteiger partial charge on any atom is 0.325 e. The number of esters is 1. The first-order valence-corrected chi connectivity index (χ1v) is 11.9. The third-order valence-corrected chi connectivity index (χ3v) is 6.07. The number of hydrogen-bond acceptors (Lipinski definition) is 10. The van der Waals surface area contributed by atoms with Crippen LogP contribution in [0.2, 0.25) is 0 Å². The van der Waals surface area contributed by atoms with Gasteiger partial charge in [0.1, 0.15) is 28.7 Å². The van der Waals surface area contributed by atoms with E-state index in [0.717, 1.165) is 10.5 Å². The smallest absolute Gasteiger partial charge is 0.325 e. The van der Waals surface area contributed by atoms with Gasteiger partial charge in [-0.25, -0.2) is 0 Å². The first-order chi connectivity index (χ1) is 17.6. The summed E-state index contributed by atoms with van der Waals surface area (Å²) in [6, 6.07) is 6.80. The molecule has 0 saturated carbocycles. The number of nitrogens with one attached hydrogen (secondary N) is 1. The number of primary amides is 1. The summed E-state index contributed by atoms with van der Waals surface area (Å²) in [6.07, 6.45) is 0. The molecule has 0 aliphatic heterocycles. The molecular weight excluding hydrogens is 502 g/mol. The highest BCUT2D eigenvalue weighted by Crippen LogP contribution is 2.39. The lowest BCUT2D eigenvalue weighted by molar-refractivity contribution is -0.143. The van der Waals surface area contributed by atoms with Crippen molar-refractivity contribution in [2.45, 2.75) is 26.8 Å². The molecule has 0 aliphatic carbocycles. The molecule has 3 aromatic rings. The number of amides is 3. The fraction of sp³-hybridized carbons (Fsp3) is 0.292. The monoisotopic (exact) mass is 529 g/mol. The molecule has 0 radical (unpaired) electrons. The molecule has 0 unspecified atom stereocenters. The zero-order chi connectivity index (χ0) is 27.3. The Morgan fingerprint density at radius 2 is 1.92 bits per heavy atom. The van der Waals surface area contributed by atoms with Crippen molar-refractivity contribution in [3.05, 3.63) is 58.0 Å². The molecule has 0 fully saturated rings. The molecule has 1 atom stereocenters. The number of nitrogen functional groups attached to an aromatic ring is 1. The fourth-order valence-corrected chi connectivity index (χ4v) is 4.28. The van der Waals surface area contributed by atoms with Crippen LogP contribution in [0.25, 0.3) is 0 Å². The van der Waals surface area contributed by atoms with Crippen molar-refractivity contribution < 1.29 is 33.1 Å². The quantitative estimate of drug-likeness (QED) is 0.331. The van der Waals surface area contributed by atoms with Crippen LogP contribution < -0.4 is 26.4 Å². The number of anilines is 2. The number of nitrogens with two attached hydrogens (primary N) is 2. The molecule has 13 heteroatoms. The molecule has 3 rings (SSSR count). The van der Waals surface area contributed by atoms with Crippen molar-refractivity contribution in [3.8, 4) is 5.75 Å². The van der Waals surface area contributed by atoms with Crippen LogP contribution in [0, 0.1) is 13.8 Å². The van der Waals surface area contributed by atoms with Crippen LogP contribution in [0.15, 0.2) is 34.7 Å². The molecule has 2 aromatic heterocycles. The Labute approximate surface area is 216 Å². The lowest BCUT2D eigenvalue weighted by Gasteiger charge is -2.31. The van der Waals surface area contributed by atoms with Crippen molar-refractivity contribution in [1.82, 2.24) is 9.69 Å². The lowest BCUT2D eigenvalue weighted by atomic mass is 10.1. The van der Waals surface area contributed by atoms with E-state index in [1.165, 1.54) is 13.2 Å². The molecule has 5 N–H and O–H groups in total. The molecule has 0 saturated heterocycles. The minimum absolute atomic E-state index is 0.106.